The van der Waals surface area contributed by atoms with Crippen LogP contribution in [0, 0.1) is 0 Å². The summed E-state index contributed by atoms with van der Waals surface area (Å²) in [6.45, 7) is 3.76. The van der Waals surface area contributed by atoms with Crippen molar-refractivity contribution >= 4 is 31.6 Å². The van der Waals surface area contributed by atoms with Crippen molar-refractivity contribution in [2.75, 3.05) is 18.9 Å². The van der Waals surface area contributed by atoms with Crippen molar-refractivity contribution in [2.24, 2.45) is 0 Å². The largest absolute Gasteiger partial charge is 0.399 e. The summed E-state index contributed by atoms with van der Waals surface area (Å²) in [5.74, 6) is 0. The highest BCUT2D eigenvalue weighted by Gasteiger charge is 2.30. The SMILES string of the molecule is CCC(CC)N(CCO)S(=O)(=O)c1ccc(N)cc1Br. The van der Waals surface area contributed by atoms with E-state index >= 15 is 0 Å². The maximum atomic E-state index is 12.8. The summed E-state index contributed by atoms with van der Waals surface area (Å²) in [4.78, 5) is 0.173. The number of hydrogen-bond donors (Lipinski definition) is 2. The second-order valence-electron chi connectivity index (χ2n) is 4.50. The summed E-state index contributed by atoms with van der Waals surface area (Å²) < 4.78 is 27.3. The molecule has 0 aromatic heterocycles. The zero-order valence-corrected chi connectivity index (χ0v) is 14.1. The summed E-state index contributed by atoms with van der Waals surface area (Å²) in [5.41, 5.74) is 6.13. The monoisotopic (exact) mass is 364 g/mol. The number of rotatable bonds is 7. The Labute approximate surface area is 129 Å². The Balaban J connectivity index is 3.28. The zero-order chi connectivity index (χ0) is 15.3. The molecule has 5 nitrogen and oxygen atoms in total. The highest BCUT2D eigenvalue weighted by molar-refractivity contribution is 9.10. The van der Waals surface area contributed by atoms with Gasteiger partial charge in [-0.3, -0.25) is 0 Å². The highest BCUT2D eigenvalue weighted by atomic mass is 79.9. The van der Waals surface area contributed by atoms with E-state index in [1.807, 2.05) is 13.8 Å². The smallest absolute Gasteiger partial charge is 0.244 e. The van der Waals surface area contributed by atoms with Crippen LogP contribution >= 0.6 is 15.9 Å². The number of aliphatic hydroxyl groups is 1. The van der Waals surface area contributed by atoms with Gasteiger partial charge in [-0.15, -0.1) is 0 Å². The van der Waals surface area contributed by atoms with Crippen LogP contribution in [0.5, 0.6) is 0 Å². The fourth-order valence-electron chi connectivity index (χ4n) is 2.15. The number of nitrogen functional groups attached to an aromatic ring is 1. The van der Waals surface area contributed by atoms with Crippen molar-refractivity contribution in [3.05, 3.63) is 22.7 Å². The van der Waals surface area contributed by atoms with Crippen LogP contribution in [-0.4, -0.2) is 37.0 Å². The molecular weight excluding hydrogens is 344 g/mol. The van der Waals surface area contributed by atoms with Crippen molar-refractivity contribution in [1.29, 1.82) is 0 Å². The minimum absolute atomic E-state index is 0.0888. The van der Waals surface area contributed by atoms with Gasteiger partial charge in [0, 0.05) is 22.7 Å². The van der Waals surface area contributed by atoms with Crippen molar-refractivity contribution in [2.45, 2.75) is 37.6 Å². The van der Waals surface area contributed by atoms with Gasteiger partial charge in [0.15, 0.2) is 0 Å². The Hall–Kier alpha value is -0.630. The van der Waals surface area contributed by atoms with Gasteiger partial charge in [0.2, 0.25) is 10.0 Å². The first-order valence-corrected chi connectivity index (χ1v) is 8.79. The molecule has 0 unspecified atom stereocenters. The molecule has 114 valence electrons. The van der Waals surface area contributed by atoms with Gasteiger partial charge in [0.05, 0.1) is 11.5 Å². The molecule has 0 aliphatic carbocycles. The molecule has 20 heavy (non-hydrogen) atoms. The number of sulfonamides is 1. The van der Waals surface area contributed by atoms with Gasteiger partial charge in [-0.1, -0.05) is 13.8 Å². The molecule has 7 heteroatoms. The molecule has 0 saturated heterocycles. The van der Waals surface area contributed by atoms with Crippen molar-refractivity contribution in [3.63, 3.8) is 0 Å². The van der Waals surface area contributed by atoms with Crippen LogP contribution in [0.4, 0.5) is 5.69 Å². The third-order valence-electron chi connectivity index (χ3n) is 3.21. The van der Waals surface area contributed by atoms with Gasteiger partial charge in [0.1, 0.15) is 0 Å². The number of nitrogens with zero attached hydrogens (tertiary/aromatic N) is 1. The molecule has 0 aliphatic rings. The number of nitrogens with two attached hydrogens (primary N) is 1. The van der Waals surface area contributed by atoms with Crippen LogP contribution in [-0.2, 0) is 10.0 Å². The summed E-state index contributed by atoms with van der Waals surface area (Å²) in [6.07, 6.45) is 1.39. The quantitative estimate of drug-likeness (QED) is 0.726. The Bertz CT molecular complexity index is 545. The third-order valence-corrected chi connectivity index (χ3v) is 6.14. The van der Waals surface area contributed by atoms with Gasteiger partial charge < -0.3 is 10.8 Å². The molecule has 0 fully saturated rings. The summed E-state index contributed by atoms with van der Waals surface area (Å²) in [5, 5.41) is 9.16. The van der Waals surface area contributed by atoms with E-state index in [0.717, 1.165) is 0 Å². The number of benzene rings is 1. The number of anilines is 1. The normalized spacial score (nSPS) is 12.3. The highest BCUT2D eigenvalue weighted by Crippen LogP contribution is 2.29. The predicted octanol–water partition coefficient (Wildman–Crippen LogP) is 2.20. The Morgan fingerprint density at radius 2 is 1.95 bits per heavy atom. The molecule has 0 bridgehead atoms. The van der Waals surface area contributed by atoms with Crippen molar-refractivity contribution < 1.29 is 13.5 Å². The Kier molecular flexibility index (Phi) is 6.44. The first-order valence-electron chi connectivity index (χ1n) is 6.56. The lowest BCUT2D eigenvalue weighted by atomic mass is 10.2. The lowest BCUT2D eigenvalue weighted by Crippen LogP contribution is -2.41. The molecule has 3 N–H and O–H groups in total. The van der Waals surface area contributed by atoms with Crippen molar-refractivity contribution in [1.82, 2.24) is 4.31 Å². The number of hydrogen-bond acceptors (Lipinski definition) is 4. The van der Waals surface area contributed by atoms with Crippen LogP contribution in [0.1, 0.15) is 26.7 Å². The van der Waals surface area contributed by atoms with Gasteiger partial charge in [-0.05, 0) is 47.0 Å². The zero-order valence-electron chi connectivity index (χ0n) is 11.7. The van der Waals surface area contributed by atoms with E-state index < -0.39 is 10.0 Å². The molecule has 1 aromatic carbocycles. The first kappa shape index (κ1) is 17.4. The molecular formula is C13H21BrN2O3S. The van der Waals surface area contributed by atoms with Crippen LogP contribution in [0.15, 0.2) is 27.6 Å². The van der Waals surface area contributed by atoms with Crippen LogP contribution in [0.3, 0.4) is 0 Å². The van der Waals surface area contributed by atoms with E-state index in [9.17, 15) is 8.42 Å². The van der Waals surface area contributed by atoms with E-state index in [-0.39, 0.29) is 24.1 Å². The average Bonchev–Trinajstić information content (AvgIpc) is 2.38. The molecule has 0 radical (unpaired) electrons. The molecule has 1 aromatic rings. The molecule has 0 heterocycles. The van der Waals surface area contributed by atoms with Gasteiger partial charge in [0.25, 0.3) is 0 Å². The number of halogens is 1. The van der Waals surface area contributed by atoms with Crippen LogP contribution in [0.2, 0.25) is 0 Å². The standard InChI is InChI=1S/C13H21BrN2O3S/c1-3-11(4-2)16(7-8-17)20(18,19)13-6-5-10(15)9-12(13)14/h5-6,9,11,17H,3-4,7-8,15H2,1-2H3. The summed E-state index contributed by atoms with van der Waals surface area (Å²) in [6, 6.07) is 4.48. The molecule has 1 rings (SSSR count). The Morgan fingerprint density at radius 3 is 2.40 bits per heavy atom. The maximum Gasteiger partial charge on any atom is 0.244 e. The predicted molar refractivity (Wildman–Crippen MR) is 83.9 cm³/mol. The summed E-state index contributed by atoms with van der Waals surface area (Å²) >= 11 is 3.25. The topological polar surface area (TPSA) is 83.6 Å². The van der Waals surface area contributed by atoms with Crippen molar-refractivity contribution in [3.8, 4) is 0 Å². The maximum absolute atomic E-state index is 12.8. The molecule has 0 atom stereocenters. The minimum atomic E-state index is -3.66. The molecule has 0 aliphatic heterocycles. The lowest BCUT2D eigenvalue weighted by molar-refractivity contribution is 0.219. The van der Waals surface area contributed by atoms with E-state index in [1.54, 1.807) is 12.1 Å². The Morgan fingerprint density at radius 1 is 1.35 bits per heavy atom. The fraction of sp³-hybridized carbons (Fsp3) is 0.538. The van der Waals surface area contributed by atoms with Crippen LogP contribution in [0.25, 0.3) is 0 Å². The molecule has 0 spiro atoms. The molecule has 0 amide bonds. The van der Waals surface area contributed by atoms with E-state index in [0.29, 0.717) is 23.0 Å². The van der Waals surface area contributed by atoms with Gasteiger partial charge in [-0.25, -0.2) is 8.42 Å². The lowest BCUT2D eigenvalue weighted by Gasteiger charge is -2.29. The average molecular weight is 365 g/mol. The second-order valence-corrected chi connectivity index (χ2v) is 7.21. The van der Waals surface area contributed by atoms with E-state index in [1.165, 1.54) is 10.4 Å². The van der Waals surface area contributed by atoms with Crippen LogP contribution < -0.4 is 5.73 Å². The first-order chi connectivity index (χ1) is 9.38. The molecule has 0 saturated carbocycles. The van der Waals surface area contributed by atoms with E-state index in [4.69, 9.17) is 10.8 Å². The summed E-state index contributed by atoms with van der Waals surface area (Å²) in [7, 11) is -3.66. The minimum Gasteiger partial charge on any atom is -0.399 e. The van der Waals surface area contributed by atoms with Gasteiger partial charge >= 0.3 is 0 Å². The third kappa shape index (κ3) is 3.72. The van der Waals surface area contributed by atoms with Gasteiger partial charge in [-0.2, -0.15) is 4.31 Å². The van der Waals surface area contributed by atoms with E-state index in [2.05, 4.69) is 15.9 Å². The second kappa shape index (κ2) is 7.40. The fourth-order valence-corrected chi connectivity index (χ4v) is 4.97. The number of aliphatic hydroxyl groups excluding tert-OH is 1.